The van der Waals surface area contributed by atoms with Crippen molar-refractivity contribution in [2.45, 2.75) is 65.2 Å². The predicted molar refractivity (Wildman–Crippen MR) is 103 cm³/mol. The molecule has 2 N–H and O–H groups in total. The van der Waals surface area contributed by atoms with Crippen molar-refractivity contribution in [3.63, 3.8) is 0 Å². The summed E-state index contributed by atoms with van der Waals surface area (Å²) in [5.74, 6) is 0.837. The van der Waals surface area contributed by atoms with Crippen LogP contribution in [-0.4, -0.2) is 24.1 Å². The molecular formula is C21H30N2O3. The van der Waals surface area contributed by atoms with E-state index in [1.165, 1.54) is 12.8 Å². The van der Waals surface area contributed by atoms with Gasteiger partial charge in [-0.1, -0.05) is 25.3 Å². The zero-order chi connectivity index (χ0) is 18.9. The fraction of sp³-hybridized carbons (Fsp3) is 0.571. The van der Waals surface area contributed by atoms with Gasteiger partial charge >= 0.3 is 0 Å². The molecule has 1 aromatic rings. The third kappa shape index (κ3) is 7.38. The lowest BCUT2D eigenvalue weighted by Crippen LogP contribution is -2.25. The van der Waals surface area contributed by atoms with Crippen LogP contribution in [0.3, 0.4) is 0 Å². The number of aryl methyl sites for hydroxylation is 1. The molecule has 5 heteroatoms. The van der Waals surface area contributed by atoms with Crippen LogP contribution >= 0.6 is 0 Å². The van der Waals surface area contributed by atoms with Gasteiger partial charge in [-0.05, 0) is 56.7 Å². The van der Waals surface area contributed by atoms with Crippen molar-refractivity contribution in [1.82, 2.24) is 5.32 Å². The smallest absolute Gasteiger partial charge is 0.251 e. The summed E-state index contributed by atoms with van der Waals surface area (Å²) >= 11 is 0. The Morgan fingerprint density at radius 2 is 1.81 bits per heavy atom. The summed E-state index contributed by atoms with van der Waals surface area (Å²) in [6.45, 7) is 4.21. The molecule has 0 atom stereocenters. The zero-order valence-electron chi connectivity index (χ0n) is 15.9. The summed E-state index contributed by atoms with van der Waals surface area (Å²) in [5, 5.41) is 5.85. The highest BCUT2D eigenvalue weighted by Crippen LogP contribution is 2.31. The van der Waals surface area contributed by atoms with Gasteiger partial charge in [-0.15, -0.1) is 0 Å². The maximum absolute atomic E-state index is 12.2. The Bertz CT molecular complexity index is 651. The minimum Gasteiger partial charge on any atom is -0.352 e. The van der Waals surface area contributed by atoms with E-state index in [1.807, 2.05) is 13.0 Å². The molecule has 1 aromatic carbocycles. The van der Waals surface area contributed by atoms with Crippen LogP contribution < -0.4 is 10.6 Å². The standard InChI is InChI=1S/C21H30N2O3/c1-15-8-11-18(21(26)22-13-12-17-9-10-17)14-19(15)23-20(25)7-5-3-4-6-16(2)24/h8,11,14,17H,3-7,9-10,12-13H2,1-2H3,(H,22,26)(H,23,25). The maximum Gasteiger partial charge on any atom is 0.251 e. The lowest BCUT2D eigenvalue weighted by Gasteiger charge is -2.11. The second-order valence-corrected chi connectivity index (χ2v) is 7.33. The lowest BCUT2D eigenvalue weighted by molar-refractivity contribution is -0.117. The van der Waals surface area contributed by atoms with Crippen LogP contribution in [-0.2, 0) is 9.59 Å². The van der Waals surface area contributed by atoms with Crippen LogP contribution in [0.5, 0.6) is 0 Å². The van der Waals surface area contributed by atoms with Gasteiger partial charge in [0.05, 0.1) is 0 Å². The van der Waals surface area contributed by atoms with Gasteiger partial charge < -0.3 is 15.4 Å². The number of ketones is 1. The summed E-state index contributed by atoms with van der Waals surface area (Å²) in [6, 6.07) is 5.40. The molecule has 0 radical (unpaired) electrons. The van der Waals surface area contributed by atoms with Crippen molar-refractivity contribution in [3.8, 4) is 0 Å². The van der Waals surface area contributed by atoms with Gasteiger partial charge in [-0.25, -0.2) is 0 Å². The molecule has 1 fully saturated rings. The Morgan fingerprint density at radius 1 is 1.08 bits per heavy atom. The molecule has 1 aliphatic carbocycles. The van der Waals surface area contributed by atoms with Gasteiger partial charge in [0, 0.05) is 30.6 Å². The molecular weight excluding hydrogens is 328 g/mol. The molecule has 2 rings (SSSR count). The van der Waals surface area contributed by atoms with Gasteiger partial charge in [-0.3, -0.25) is 9.59 Å². The molecule has 5 nitrogen and oxygen atoms in total. The third-order valence-electron chi connectivity index (χ3n) is 4.74. The number of Topliss-reactive ketones (excluding diaryl/α,β-unsaturated/α-hetero) is 1. The quantitative estimate of drug-likeness (QED) is 0.587. The molecule has 0 saturated heterocycles. The Labute approximate surface area is 155 Å². The van der Waals surface area contributed by atoms with Crippen LogP contribution in [0.2, 0.25) is 0 Å². The first-order valence-electron chi connectivity index (χ1n) is 9.64. The molecule has 1 aliphatic rings. The fourth-order valence-corrected chi connectivity index (χ4v) is 2.85. The molecule has 0 aromatic heterocycles. The van der Waals surface area contributed by atoms with Gasteiger partial charge in [-0.2, -0.15) is 0 Å². The number of unbranched alkanes of at least 4 members (excludes halogenated alkanes) is 2. The minimum absolute atomic E-state index is 0.0535. The summed E-state index contributed by atoms with van der Waals surface area (Å²) < 4.78 is 0. The van der Waals surface area contributed by atoms with E-state index in [9.17, 15) is 14.4 Å². The van der Waals surface area contributed by atoms with Crippen LogP contribution in [0.4, 0.5) is 5.69 Å². The lowest BCUT2D eigenvalue weighted by atomic mass is 10.1. The number of rotatable bonds is 11. The fourth-order valence-electron chi connectivity index (χ4n) is 2.85. The van der Waals surface area contributed by atoms with Crippen molar-refractivity contribution >= 4 is 23.3 Å². The van der Waals surface area contributed by atoms with Crippen molar-refractivity contribution in [1.29, 1.82) is 0 Å². The second-order valence-electron chi connectivity index (χ2n) is 7.33. The zero-order valence-corrected chi connectivity index (χ0v) is 15.9. The SMILES string of the molecule is CC(=O)CCCCCC(=O)Nc1cc(C(=O)NCCC2CC2)ccc1C. The molecule has 26 heavy (non-hydrogen) atoms. The van der Waals surface area contributed by atoms with Gasteiger partial charge in [0.2, 0.25) is 5.91 Å². The number of hydrogen-bond acceptors (Lipinski definition) is 3. The number of nitrogens with one attached hydrogen (secondary N) is 2. The summed E-state index contributed by atoms with van der Waals surface area (Å²) in [5.41, 5.74) is 2.20. The number of carbonyl (C=O) groups is 3. The third-order valence-corrected chi connectivity index (χ3v) is 4.74. The summed E-state index contributed by atoms with van der Waals surface area (Å²) in [4.78, 5) is 35.3. The topological polar surface area (TPSA) is 75.3 Å². The van der Waals surface area contributed by atoms with E-state index < -0.39 is 0 Å². The minimum atomic E-state index is -0.0922. The first kappa shape index (κ1) is 20.1. The largest absolute Gasteiger partial charge is 0.352 e. The Hall–Kier alpha value is -2.17. The van der Waals surface area contributed by atoms with Gasteiger partial charge in [0.1, 0.15) is 5.78 Å². The summed E-state index contributed by atoms with van der Waals surface area (Å²) in [6.07, 6.45) is 7.09. The molecule has 1 saturated carbocycles. The van der Waals surface area contributed by atoms with E-state index in [1.54, 1.807) is 19.1 Å². The summed E-state index contributed by atoms with van der Waals surface area (Å²) in [7, 11) is 0. The monoisotopic (exact) mass is 358 g/mol. The van der Waals surface area contributed by atoms with E-state index in [4.69, 9.17) is 0 Å². The van der Waals surface area contributed by atoms with Gasteiger partial charge in [0.15, 0.2) is 0 Å². The highest BCUT2D eigenvalue weighted by Gasteiger charge is 2.20. The van der Waals surface area contributed by atoms with Crippen LogP contribution in [0, 0.1) is 12.8 Å². The maximum atomic E-state index is 12.2. The average molecular weight is 358 g/mol. The van der Waals surface area contributed by atoms with E-state index in [0.29, 0.717) is 30.6 Å². The van der Waals surface area contributed by atoms with Crippen molar-refractivity contribution in [2.24, 2.45) is 5.92 Å². The van der Waals surface area contributed by atoms with Gasteiger partial charge in [0.25, 0.3) is 5.91 Å². The molecule has 0 aliphatic heterocycles. The van der Waals surface area contributed by atoms with E-state index in [0.717, 1.165) is 37.2 Å². The van der Waals surface area contributed by atoms with Crippen molar-refractivity contribution < 1.29 is 14.4 Å². The normalized spacial score (nSPS) is 13.3. The van der Waals surface area contributed by atoms with E-state index in [-0.39, 0.29) is 17.6 Å². The van der Waals surface area contributed by atoms with Crippen molar-refractivity contribution in [3.05, 3.63) is 29.3 Å². The number of benzene rings is 1. The molecule has 0 unspecified atom stereocenters. The molecule has 142 valence electrons. The number of amides is 2. The van der Waals surface area contributed by atoms with Crippen LogP contribution in [0.25, 0.3) is 0 Å². The first-order valence-corrected chi connectivity index (χ1v) is 9.64. The second kappa shape index (κ2) is 10.1. The predicted octanol–water partition coefficient (Wildman–Crippen LogP) is 4.00. The van der Waals surface area contributed by atoms with E-state index in [2.05, 4.69) is 10.6 Å². The average Bonchev–Trinajstić information content (AvgIpc) is 3.40. The van der Waals surface area contributed by atoms with Crippen molar-refractivity contribution in [2.75, 3.05) is 11.9 Å². The van der Waals surface area contributed by atoms with Crippen LogP contribution in [0.15, 0.2) is 18.2 Å². The Balaban J connectivity index is 1.78. The first-order chi connectivity index (χ1) is 12.5. The number of anilines is 1. The Morgan fingerprint density at radius 3 is 2.50 bits per heavy atom. The highest BCUT2D eigenvalue weighted by atomic mass is 16.2. The number of hydrogen-bond donors (Lipinski definition) is 2. The number of carbonyl (C=O) groups excluding carboxylic acids is 3. The van der Waals surface area contributed by atoms with E-state index >= 15 is 0 Å². The Kier molecular flexibility index (Phi) is 7.82. The molecule has 0 heterocycles. The molecule has 2 amide bonds. The molecule has 0 spiro atoms. The highest BCUT2D eigenvalue weighted by molar-refractivity contribution is 5.97. The van der Waals surface area contributed by atoms with Crippen LogP contribution in [0.1, 0.15) is 74.2 Å². The molecule has 0 bridgehead atoms.